The summed E-state index contributed by atoms with van der Waals surface area (Å²) in [4.78, 5) is 22.7. The molecule has 4 rings (SSSR count). The first-order valence-electron chi connectivity index (χ1n) is 6.51. The lowest BCUT2D eigenvalue weighted by molar-refractivity contribution is -0.167. The number of carboxylic acids is 1. The van der Waals surface area contributed by atoms with Gasteiger partial charge in [0.25, 0.3) is 0 Å². The van der Waals surface area contributed by atoms with Crippen LogP contribution in [-0.4, -0.2) is 23.0 Å². The third-order valence-electron chi connectivity index (χ3n) is 5.10. The lowest BCUT2D eigenvalue weighted by Gasteiger charge is -2.58. The predicted molar refractivity (Wildman–Crippen MR) is 61.2 cm³/mol. The fourth-order valence-corrected chi connectivity index (χ4v) is 4.76. The van der Waals surface area contributed by atoms with Crippen LogP contribution in [0.25, 0.3) is 0 Å². The van der Waals surface area contributed by atoms with E-state index in [0.29, 0.717) is 17.8 Å². The van der Waals surface area contributed by atoms with Crippen LogP contribution in [0.15, 0.2) is 0 Å². The Labute approximate surface area is 101 Å². The van der Waals surface area contributed by atoms with Crippen molar-refractivity contribution in [2.45, 2.75) is 45.1 Å². The van der Waals surface area contributed by atoms with Crippen LogP contribution in [0.5, 0.6) is 0 Å². The predicted octanol–water partition coefficient (Wildman–Crippen LogP) is 1.40. The second-order valence-corrected chi connectivity index (χ2v) is 6.28. The van der Waals surface area contributed by atoms with Gasteiger partial charge in [-0.1, -0.05) is 0 Å². The zero-order valence-electron chi connectivity index (χ0n) is 10.1. The molecule has 2 N–H and O–H groups in total. The smallest absolute Gasteiger partial charge is 0.309 e. The summed E-state index contributed by atoms with van der Waals surface area (Å²) in [5.74, 6) is 0.765. The van der Waals surface area contributed by atoms with E-state index in [9.17, 15) is 14.7 Å². The lowest BCUT2D eigenvalue weighted by atomic mass is 9.48. The Hall–Kier alpha value is -1.06. The Morgan fingerprint density at radius 3 is 2.24 bits per heavy atom. The molecule has 4 aliphatic carbocycles. The Morgan fingerprint density at radius 2 is 1.76 bits per heavy atom. The van der Waals surface area contributed by atoms with E-state index < -0.39 is 11.4 Å². The monoisotopic (exact) mass is 237 g/mol. The first kappa shape index (κ1) is 11.1. The number of hydrogen-bond acceptors (Lipinski definition) is 2. The molecule has 0 spiro atoms. The molecule has 0 aromatic carbocycles. The normalized spacial score (nSPS) is 46.9. The molecule has 4 unspecified atom stereocenters. The third kappa shape index (κ3) is 1.57. The molecule has 4 bridgehead atoms. The van der Waals surface area contributed by atoms with E-state index in [-0.39, 0.29) is 11.9 Å². The highest BCUT2D eigenvalue weighted by molar-refractivity contribution is 5.76. The molecule has 94 valence electrons. The van der Waals surface area contributed by atoms with Gasteiger partial charge in [0, 0.05) is 13.0 Å². The Bertz CT molecular complexity index is 363. The molecule has 0 radical (unpaired) electrons. The van der Waals surface area contributed by atoms with Gasteiger partial charge in [0.15, 0.2) is 0 Å². The largest absolute Gasteiger partial charge is 0.481 e. The Morgan fingerprint density at radius 1 is 1.18 bits per heavy atom. The van der Waals surface area contributed by atoms with Crippen molar-refractivity contribution in [1.82, 2.24) is 5.32 Å². The van der Waals surface area contributed by atoms with E-state index in [4.69, 9.17) is 0 Å². The van der Waals surface area contributed by atoms with Crippen LogP contribution in [0, 0.1) is 23.2 Å². The topological polar surface area (TPSA) is 66.4 Å². The van der Waals surface area contributed by atoms with Gasteiger partial charge in [-0.25, -0.2) is 0 Å². The summed E-state index contributed by atoms with van der Waals surface area (Å²) in [5.41, 5.74) is -0.467. The van der Waals surface area contributed by atoms with E-state index in [0.717, 1.165) is 32.1 Å². The van der Waals surface area contributed by atoms with Gasteiger partial charge in [-0.3, -0.25) is 9.59 Å². The van der Waals surface area contributed by atoms with Crippen molar-refractivity contribution >= 4 is 11.9 Å². The van der Waals surface area contributed by atoms with Crippen molar-refractivity contribution in [2.24, 2.45) is 23.2 Å². The maximum atomic E-state index is 11.5. The summed E-state index contributed by atoms with van der Waals surface area (Å²) in [6.45, 7) is 1.55. The highest BCUT2D eigenvalue weighted by Gasteiger charge is 2.58. The van der Waals surface area contributed by atoms with Crippen LogP contribution in [0.4, 0.5) is 0 Å². The molecule has 4 saturated carbocycles. The molecule has 4 fully saturated rings. The molecular formula is C13H19NO3. The van der Waals surface area contributed by atoms with Gasteiger partial charge >= 0.3 is 5.97 Å². The maximum absolute atomic E-state index is 11.5. The number of carboxylic acid groups (broad SMARTS) is 1. The van der Waals surface area contributed by atoms with Crippen LogP contribution >= 0.6 is 0 Å². The first-order chi connectivity index (χ1) is 8.00. The number of amides is 1. The summed E-state index contributed by atoms with van der Waals surface area (Å²) in [6, 6.07) is 0.233. The molecule has 0 heterocycles. The standard InChI is InChI=1S/C13H19NO3/c1-7(15)14-11-9-2-8-3-10(11)6-13(4-8,5-9)12(16)17/h8-11H,2-6H2,1H3,(H,14,15)(H,16,17)/t8?,9-,10?,11?,13?/m0/s1. The first-order valence-corrected chi connectivity index (χ1v) is 6.51. The van der Waals surface area contributed by atoms with Crippen molar-refractivity contribution in [1.29, 1.82) is 0 Å². The average molecular weight is 237 g/mol. The van der Waals surface area contributed by atoms with Crippen LogP contribution in [-0.2, 0) is 9.59 Å². The lowest BCUT2D eigenvalue weighted by Crippen LogP contribution is -2.60. The highest BCUT2D eigenvalue weighted by atomic mass is 16.4. The fraction of sp³-hybridized carbons (Fsp3) is 0.846. The molecule has 4 nitrogen and oxygen atoms in total. The quantitative estimate of drug-likeness (QED) is 0.763. The molecule has 1 amide bonds. The second-order valence-electron chi connectivity index (χ2n) is 6.28. The zero-order valence-corrected chi connectivity index (χ0v) is 10.1. The number of hydrogen-bond donors (Lipinski definition) is 2. The highest BCUT2D eigenvalue weighted by Crippen LogP contribution is 2.60. The van der Waals surface area contributed by atoms with Crippen molar-refractivity contribution in [2.75, 3.05) is 0 Å². The summed E-state index contributed by atoms with van der Waals surface area (Å²) < 4.78 is 0. The van der Waals surface area contributed by atoms with Crippen molar-refractivity contribution < 1.29 is 14.7 Å². The molecular weight excluding hydrogens is 218 g/mol. The average Bonchev–Trinajstić information content (AvgIpc) is 2.22. The van der Waals surface area contributed by atoms with Crippen LogP contribution in [0.3, 0.4) is 0 Å². The number of carbonyl (C=O) groups excluding carboxylic acids is 1. The molecule has 0 saturated heterocycles. The van der Waals surface area contributed by atoms with Gasteiger partial charge in [-0.2, -0.15) is 0 Å². The molecule has 0 aromatic heterocycles. The Kier molecular flexibility index (Phi) is 2.25. The van der Waals surface area contributed by atoms with Gasteiger partial charge in [0.2, 0.25) is 5.91 Å². The van der Waals surface area contributed by atoms with Gasteiger partial charge < -0.3 is 10.4 Å². The fourth-order valence-electron chi connectivity index (χ4n) is 4.76. The van der Waals surface area contributed by atoms with Gasteiger partial charge in [-0.15, -0.1) is 0 Å². The van der Waals surface area contributed by atoms with E-state index in [2.05, 4.69) is 5.32 Å². The van der Waals surface area contributed by atoms with Crippen molar-refractivity contribution in [3.63, 3.8) is 0 Å². The number of carbonyl (C=O) groups is 2. The van der Waals surface area contributed by atoms with E-state index in [1.807, 2.05) is 0 Å². The minimum atomic E-state index is -0.613. The molecule has 0 aromatic rings. The maximum Gasteiger partial charge on any atom is 0.309 e. The van der Waals surface area contributed by atoms with Crippen molar-refractivity contribution in [3.05, 3.63) is 0 Å². The van der Waals surface area contributed by atoms with Gasteiger partial charge in [0.1, 0.15) is 0 Å². The second kappa shape index (κ2) is 3.47. The molecule has 4 aliphatic rings. The minimum absolute atomic E-state index is 0.0202. The number of nitrogens with one attached hydrogen (secondary N) is 1. The van der Waals surface area contributed by atoms with Crippen molar-refractivity contribution in [3.8, 4) is 0 Å². The summed E-state index contributed by atoms with van der Waals surface area (Å²) in [7, 11) is 0. The van der Waals surface area contributed by atoms with Crippen LogP contribution < -0.4 is 5.32 Å². The molecule has 0 aliphatic heterocycles. The molecule has 4 heteroatoms. The van der Waals surface area contributed by atoms with E-state index in [1.54, 1.807) is 6.92 Å². The van der Waals surface area contributed by atoms with Gasteiger partial charge in [-0.05, 0) is 49.9 Å². The Balaban J connectivity index is 1.85. The number of rotatable bonds is 2. The van der Waals surface area contributed by atoms with Crippen LogP contribution in [0.1, 0.15) is 39.0 Å². The summed E-state index contributed by atoms with van der Waals surface area (Å²) in [6.07, 6.45) is 4.61. The molecule has 17 heavy (non-hydrogen) atoms. The van der Waals surface area contributed by atoms with E-state index >= 15 is 0 Å². The zero-order chi connectivity index (χ0) is 12.2. The SMILES string of the molecule is CC(=O)NC1C2CC3C[C@H]1CC(C(=O)O)(C3)C2. The van der Waals surface area contributed by atoms with Gasteiger partial charge in [0.05, 0.1) is 5.41 Å². The third-order valence-corrected chi connectivity index (χ3v) is 5.10. The minimum Gasteiger partial charge on any atom is -0.481 e. The summed E-state index contributed by atoms with van der Waals surface area (Å²) >= 11 is 0. The molecule has 5 atom stereocenters. The van der Waals surface area contributed by atoms with E-state index in [1.165, 1.54) is 0 Å². The van der Waals surface area contributed by atoms with Crippen LogP contribution in [0.2, 0.25) is 0 Å². The number of aliphatic carboxylic acids is 1. The summed E-state index contributed by atoms with van der Waals surface area (Å²) in [5, 5.41) is 12.5.